The molecule has 0 spiro atoms. The van der Waals surface area contributed by atoms with Crippen molar-refractivity contribution in [1.82, 2.24) is 21.7 Å². The molecule has 0 aliphatic heterocycles. The summed E-state index contributed by atoms with van der Waals surface area (Å²) in [6.45, 7) is 10.2. The first kappa shape index (κ1) is 40.8. The third-order valence-electron chi connectivity index (χ3n) is 7.49. The van der Waals surface area contributed by atoms with Crippen LogP contribution in [0.25, 0.3) is 0 Å². The van der Waals surface area contributed by atoms with E-state index in [0.29, 0.717) is 67.6 Å². The molecular formula is C34H44N18O2. The number of rotatable bonds is 12. The minimum absolute atomic E-state index is 0.232. The standard InChI is InChI=1S/C34H44N18O2/c1-15-7-16(2)28(30(54)44-26-12-23(19(5)47-51-33(39)40)9-24(13-26)20(6)48-52-34(41)42)14-27(15)29(53)43-25-10-21(17(3)45-49-31(35)36)8-22(11-25)18(4)46-50-32(37)38/h7-14H,1-6H3,(H,43,53)(H,44,54)(H4,35,36,49)(H4,37,38,50)(H4,39,40,51)(H4,41,42,52)/b45-17+,46-18+,47-19+,48-20+. The topological polar surface area (TPSA) is 355 Å². The fourth-order valence-electron chi connectivity index (χ4n) is 4.81. The van der Waals surface area contributed by atoms with Gasteiger partial charge in [-0.2, -0.15) is 20.4 Å². The largest absolute Gasteiger partial charge is 0.369 e. The van der Waals surface area contributed by atoms with Crippen molar-refractivity contribution in [2.75, 3.05) is 10.6 Å². The van der Waals surface area contributed by atoms with Crippen LogP contribution in [0.2, 0.25) is 0 Å². The molecule has 0 aliphatic rings. The van der Waals surface area contributed by atoms with E-state index in [0.717, 1.165) is 0 Å². The van der Waals surface area contributed by atoms with Crippen LogP contribution < -0.4 is 55.3 Å². The number of carbonyl (C=O) groups excluding carboxylic acids is 2. The highest BCUT2D eigenvalue weighted by Crippen LogP contribution is 2.23. The maximum absolute atomic E-state index is 13.8. The Morgan fingerprint density at radius 3 is 0.963 bits per heavy atom. The molecule has 2 amide bonds. The van der Waals surface area contributed by atoms with Crippen LogP contribution in [0.3, 0.4) is 0 Å². The normalized spacial score (nSPS) is 12.0. The molecule has 0 unspecified atom stereocenters. The molecule has 20 nitrogen and oxygen atoms in total. The Morgan fingerprint density at radius 2 is 0.722 bits per heavy atom. The molecule has 3 rings (SSSR count). The Kier molecular flexibility index (Phi) is 13.6. The fourth-order valence-corrected chi connectivity index (χ4v) is 4.81. The summed E-state index contributed by atoms with van der Waals surface area (Å²) in [4.78, 5) is 27.7. The molecule has 0 saturated heterocycles. The average Bonchev–Trinajstić information content (AvgIpc) is 3.10. The minimum Gasteiger partial charge on any atom is -0.369 e. The van der Waals surface area contributed by atoms with Crippen LogP contribution in [0.5, 0.6) is 0 Å². The molecule has 0 bridgehead atoms. The molecule has 54 heavy (non-hydrogen) atoms. The Balaban J connectivity index is 2.03. The van der Waals surface area contributed by atoms with Gasteiger partial charge in [-0.25, -0.2) is 21.7 Å². The smallest absolute Gasteiger partial charge is 0.255 e. The second-order valence-corrected chi connectivity index (χ2v) is 11.9. The zero-order chi connectivity index (χ0) is 40.3. The van der Waals surface area contributed by atoms with Crippen molar-refractivity contribution in [3.8, 4) is 0 Å². The lowest BCUT2D eigenvalue weighted by molar-refractivity contribution is 0.102. The second kappa shape index (κ2) is 18.0. The van der Waals surface area contributed by atoms with Crippen LogP contribution in [0.1, 0.15) is 81.8 Å². The quantitative estimate of drug-likeness (QED) is 0.0724. The van der Waals surface area contributed by atoms with Crippen LogP contribution in [-0.4, -0.2) is 58.5 Å². The van der Waals surface area contributed by atoms with E-state index in [1.807, 2.05) is 0 Å². The summed E-state index contributed by atoms with van der Waals surface area (Å²) in [6.07, 6.45) is 0. The Morgan fingerprint density at radius 1 is 0.463 bits per heavy atom. The number of benzene rings is 3. The fraction of sp³-hybridized carbons (Fsp3) is 0.176. The van der Waals surface area contributed by atoms with E-state index in [-0.39, 0.29) is 35.0 Å². The first-order valence-corrected chi connectivity index (χ1v) is 16.0. The van der Waals surface area contributed by atoms with Gasteiger partial charge in [-0.05, 0) is 95.1 Å². The number of hydrogen-bond acceptors (Lipinski definition) is 10. The van der Waals surface area contributed by atoms with Crippen LogP contribution in [0, 0.1) is 35.5 Å². The number of nitrogens with zero attached hydrogens (tertiary/aromatic N) is 4. The second-order valence-electron chi connectivity index (χ2n) is 11.9. The number of guanidine groups is 4. The van der Waals surface area contributed by atoms with E-state index >= 15 is 0 Å². The van der Waals surface area contributed by atoms with Gasteiger partial charge in [0.25, 0.3) is 11.8 Å². The molecule has 3 aromatic rings. The summed E-state index contributed by atoms with van der Waals surface area (Å²) in [5.74, 6) is -2.44. The highest BCUT2D eigenvalue weighted by molar-refractivity contribution is 6.13. The van der Waals surface area contributed by atoms with Crippen LogP contribution in [0.4, 0.5) is 11.4 Å². The summed E-state index contributed by atoms with van der Waals surface area (Å²) in [5, 5.41) is 51.9. The van der Waals surface area contributed by atoms with Gasteiger partial charge in [-0.3, -0.25) is 31.2 Å². The molecular weight excluding hydrogens is 692 g/mol. The Bertz CT molecular complexity index is 1900. The van der Waals surface area contributed by atoms with Gasteiger partial charge in [0, 0.05) is 44.8 Å². The van der Waals surface area contributed by atoms with Gasteiger partial charge in [0.2, 0.25) is 23.8 Å². The van der Waals surface area contributed by atoms with Gasteiger partial charge in [0.1, 0.15) is 0 Å². The average molecular weight is 737 g/mol. The lowest BCUT2D eigenvalue weighted by Gasteiger charge is -2.15. The summed E-state index contributed by atoms with van der Waals surface area (Å²) < 4.78 is 0. The molecule has 3 aromatic carbocycles. The third kappa shape index (κ3) is 11.7. The molecule has 0 atom stereocenters. The number of amides is 2. The minimum atomic E-state index is -0.503. The van der Waals surface area contributed by atoms with Crippen molar-refractivity contribution in [2.24, 2.45) is 43.3 Å². The monoisotopic (exact) mass is 736 g/mol. The lowest BCUT2D eigenvalue weighted by atomic mass is 9.98. The van der Waals surface area contributed by atoms with Gasteiger partial charge < -0.3 is 33.6 Å². The number of anilines is 2. The molecule has 0 fully saturated rings. The van der Waals surface area contributed by atoms with Crippen LogP contribution in [-0.2, 0) is 0 Å². The van der Waals surface area contributed by atoms with E-state index in [2.05, 4.69) is 52.7 Å². The number of hydrazone groups is 4. The maximum Gasteiger partial charge on any atom is 0.255 e. The number of hydrogen-bond donors (Lipinski definition) is 14. The summed E-state index contributed by atoms with van der Waals surface area (Å²) in [6, 6.07) is 13.4. The summed E-state index contributed by atoms with van der Waals surface area (Å²) in [5.41, 5.74) is 37.6. The molecule has 0 radical (unpaired) electrons. The van der Waals surface area contributed by atoms with Crippen molar-refractivity contribution < 1.29 is 9.59 Å². The number of aryl methyl sites for hydroxylation is 2. The van der Waals surface area contributed by atoms with E-state index in [1.54, 1.807) is 84.0 Å². The van der Waals surface area contributed by atoms with E-state index in [9.17, 15) is 9.59 Å². The van der Waals surface area contributed by atoms with Gasteiger partial charge >= 0.3 is 0 Å². The molecule has 0 heterocycles. The van der Waals surface area contributed by atoms with E-state index < -0.39 is 11.8 Å². The number of carbonyl (C=O) groups is 2. The van der Waals surface area contributed by atoms with Gasteiger partial charge in [-0.1, -0.05) is 6.07 Å². The lowest BCUT2D eigenvalue weighted by Crippen LogP contribution is -2.27. The molecule has 0 aromatic heterocycles. The number of nitrogens with two attached hydrogens (primary N) is 4. The van der Waals surface area contributed by atoms with Gasteiger partial charge in [0.05, 0.1) is 22.8 Å². The predicted molar refractivity (Wildman–Crippen MR) is 214 cm³/mol. The van der Waals surface area contributed by atoms with Crippen LogP contribution >= 0.6 is 0 Å². The van der Waals surface area contributed by atoms with Crippen molar-refractivity contribution in [2.45, 2.75) is 41.5 Å². The van der Waals surface area contributed by atoms with Crippen molar-refractivity contribution >= 4 is 69.9 Å². The first-order valence-electron chi connectivity index (χ1n) is 16.0. The molecule has 20 heteroatoms. The van der Waals surface area contributed by atoms with E-state index in [1.165, 1.54) is 6.07 Å². The zero-order valence-corrected chi connectivity index (χ0v) is 30.5. The summed E-state index contributed by atoms with van der Waals surface area (Å²) >= 11 is 0. The third-order valence-corrected chi connectivity index (χ3v) is 7.49. The highest BCUT2D eigenvalue weighted by Gasteiger charge is 2.19. The molecule has 18 N–H and O–H groups in total. The number of nitrogens with one attached hydrogen (secondary N) is 10. The molecule has 282 valence electrons. The maximum atomic E-state index is 13.8. The van der Waals surface area contributed by atoms with Crippen molar-refractivity contribution in [3.63, 3.8) is 0 Å². The van der Waals surface area contributed by atoms with Gasteiger partial charge in [-0.15, -0.1) is 0 Å². The van der Waals surface area contributed by atoms with Gasteiger partial charge in [0.15, 0.2) is 0 Å². The van der Waals surface area contributed by atoms with Crippen molar-refractivity contribution in [1.29, 1.82) is 21.6 Å². The van der Waals surface area contributed by atoms with E-state index in [4.69, 9.17) is 44.6 Å². The van der Waals surface area contributed by atoms with Crippen molar-refractivity contribution in [3.05, 3.63) is 93.0 Å². The first-order chi connectivity index (χ1) is 25.3. The Labute approximate surface area is 311 Å². The summed E-state index contributed by atoms with van der Waals surface area (Å²) in [7, 11) is 0. The highest BCUT2D eigenvalue weighted by atomic mass is 16.2. The zero-order valence-electron chi connectivity index (χ0n) is 30.5. The molecule has 0 saturated carbocycles. The predicted octanol–water partition coefficient (Wildman–Crippen LogP) is 1.64. The SMILES string of the molecule is C/C(=N\NC(=N)N)c1cc(NC(=O)c2cc(C(=O)Nc3cc(/C(C)=N/NC(=N)N)cc(/C(C)=N/NC(=N)N)c3)c(C)cc2C)cc(/C(C)=N/NC(=N)N)c1. The Hall–Kier alpha value is -7.64. The molecule has 0 aliphatic carbocycles. The van der Waals surface area contributed by atoms with Crippen LogP contribution in [0.15, 0.2) is 68.9 Å².